The van der Waals surface area contributed by atoms with E-state index in [1.807, 2.05) is 18.2 Å². The first-order chi connectivity index (χ1) is 10.7. The summed E-state index contributed by atoms with van der Waals surface area (Å²) in [5, 5.41) is 3.00. The lowest BCUT2D eigenvalue weighted by molar-refractivity contribution is 0.0934. The van der Waals surface area contributed by atoms with Crippen LogP contribution in [0.3, 0.4) is 0 Å². The summed E-state index contributed by atoms with van der Waals surface area (Å²) in [6.45, 7) is 0. The van der Waals surface area contributed by atoms with E-state index in [4.69, 9.17) is 4.74 Å². The number of thioether (sulfide) groups is 1. The molecule has 0 saturated heterocycles. The fourth-order valence-electron chi connectivity index (χ4n) is 2.54. The number of benzene rings is 2. The number of carbonyl (C=O) groups is 1. The highest BCUT2D eigenvalue weighted by Gasteiger charge is 2.22. The fraction of sp³-hybridized carbons (Fsp3) is 0.235. The Morgan fingerprint density at radius 2 is 2.14 bits per heavy atom. The molecule has 2 aromatic rings. The van der Waals surface area contributed by atoms with Gasteiger partial charge in [-0.2, -0.15) is 0 Å². The van der Waals surface area contributed by atoms with Crippen molar-refractivity contribution in [2.45, 2.75) is 17.4 Å². The summed E-state index contributed by atoms with van der Waals surface area (Å²) in [6, 6.07) is 12.3. The van der Waals surface area contributed by atoms with Gasteiger partial charge in [0.25, 0.3) is 5.91 Å². The van der Waals surface area contributed by atoms with Crippen LogP contribution < -0.4 is 10.1 Å². The van der Waals surface area contributed by atoms with Gasteiger partial charge in [0.1, 0.15) is 0 Å². The second-order valence-corrected chi connectivity index (χ2v) is 6.19. The number of methoxy groups -OCH3 is 1. The van der Waals surface area contributed by atoms with Gasteiger partial charge in [-0.3, -0.25) is 4.79 Å². The summed E-state index contributed by atoms with van der Waals surface area (Å²) in [7, 11) is 1.40. The Labute approximate surface area is 132 Å². The summed E-state index contributed by atoms with van der Waals surface area (Å²) in [6.07, 6.45) is 0.867. The zero-order chi connectivity index (χ0) is 15.5. The molecule has 114 valence electrons. The number of ether oxygens (including phenoxy) is 1. The smallest absolute Gasteiger partial charge is 0.251 e. The molecule has 1 amide bonds. The minimum absolute atomic E-state index is 0.0323. The van der Waals surface area contributed by atoms with Crippen molar-refractivity contribution < 1.29 is 13.9 Å². The maximum atomic E-state index is 13.7. The van der Waals surface area contributed by atoms with E-state index in [0.717, 1.165) is 17.7 Å². The van der Waals surface area contributed by atoms with E-state index in [-0.39, 0.29) is 17.7 Å². The number of halogens is 1. The monoisotopic (exact) mass is 317 g/mol. The van der Waals surface area contributed by atoms with Crippen LogP contribution in [-0.2, 0) is 0 Å². The van der Waals surface area contributed by atoms with E-state index in [1.165, 1.54) is 24.1 Å². The molecule has 0 fully saturated rings. The van der Waals surface area contributed by atoms with Crippen molar-refractivity contribution in [2.24, 2.45) is 0 Å². The molecule has 2 aromatic carbocycles. The Morgan fingerprint density at radius 3 is 2.91 bits per heavy atom. The summed E-state index contributed by atoms with van der Waals surface area (Å²) in [5.41, 5.74) is 1.43. The zero-order valence-electron chi connectivity index (χ0n) is 12.1. The molecule has 0 bridgehead atoms. The molecule has 0 unspecified atom stereocenters. The maximum Gasteiger partial charge on any atom is 0.251 e. The van der Waals surface area contributed by atoms with Crippen molar-refractivity contribution in [3.8, 4) is 5.75 Å². The van der Waals surface area contributed by atoms with E-state index in [0.29, 0.717) is 5.56 Å². The highest BCUT2D eigenvalue weighted by atomic mass is 32.2. The highest BCUT2D eigenvalue weighted by Crippen LogP contribution is 2.35. The zero-order valence-corrected chi connectivity index (χ0v) is 13.0. The van der Waals surface area contributed by atoms with Crippen molar-refractivity contribution in [1.82, 2.24) is 5.32 Å². The Balaban J connectivity index is 1.79. The third-order valence-electron chi connectivity index (χ3n) is 3.68. The van der Waals surface area contributed by atoms with Crippen molar-refractivity contribution in [1.29, 1.82) is 0 Å². The predicted octanol–water partition coefficient (Wildman–Crippen LogP) is 3.80. The van der Waals surface area contributed by atoms with Gasteiger partial charge in [-0.1, -0.05) is 18.2 Å². The van der Waals surface area contributed by atoms with Gasteiger partial charge in [0, 0.05) is 16.2 Å². The maximum absolute atomic E-state index is 13.7. The van der Waals surface area contributed by atoms with Gasteiger partial charge in [-0.25, -0.2) is 4.39 Å². The molecule has 22 heavy (non-hydrogen) atoms. The predicted molar refractivity (Wildman–Crippen MR) is 84.9 cm³/mol. The molecule has 1 heterocycles. The minimum Gasteiger partial charge on any atom is -0.494 e. The van der Waals surface area contributed by atoms with Crippen LogP contribution in [0, 0.1) is 5.82 Å². The summed E-state index contributed by atoms with van der Waals surface area (Å²) in [4.78, 5) is 13.5. The van der Waals surface area contributed by atoms with E-state index in [9.17, 15) is 9.18 Å². The summed E-state index contributed by atoms with van der Waals surface area (Å²) < 4.78 is 18.6. The van der Waals surface area contributed by atoms with Crippen LogP contribution in [0.4, 0.5) is 4.39 Å². The number of fused-ring (bicyclic) bond motifs is 1. The molecule has 3 nitrogen and oxygen atoms in total. The van der Waals surface area contributed by atoms with Crippen LogP contribution in [0.25, 0.3) is 0 Å². The SMILES string of the molecule is COc1ccc(C(=O)N[C@H]2CCSc3ccccc32)cc1F. The number of amides is 1. The molecule has 0 radical (unpaired) electrons. The molecule has 1 aliphatic heterocycles. The second-order valence-electron chi connectivity index (χ2n) is 5.05. The Hall–Kier alpha value is -2.01. The lowest BCUT2D eigenvalue weighted by Gasteiger charge is -2.25. The molecule has 0 aliphatic carbocycles. The number of hydrogen-bond donors (Lipinski definition) is 1. The largest absolute Gasteiger partial charge is 0.494 e. The topological polar surface area (TPSA) is 38.3 Å². The molecule has 1 N–H and O–H groups in total. The molecule has 0 saturated carbocycles. The van der Waals surface area contributed by atoms with Crippen molar-refractivity contribution in [2.75, 3.05) is 12.9 Å². The summed E-state index contributed by atoms with van der Waals surface area (Å²) >= 11 is 1.79. The molecule has 0 spiro atoms. The fourth-order valence-corrected chi connectivity index (χ4v) is 3.67. The first-order valence-electron chi connectivity index (χ1n) is 7.05. The van der Waals surface area contributed by atoms with Gasteiger partial charge < -0.3 is 10.1 Å². The molecule has 0 aromatic heterocycles. The van der Waals surface area contributed by atoms with Crippen LogP contribution in [0.1, 0.15) is 28.4 Å². The molecular weight excluding hydrogens is 301 g/mol. The average molecular weight is 317 g/mol. The number of carbonyl (C=O) groups excluding carboxylic acids is 1. The quantitative estimate of drug-likeness (QED) is 0.936. The molecule has 5 heteroatoms. The average Bonchev–Trinajstić information content (AvgIpc) is 2.55. The number of hydrogen-bond acceptors (Lipinski definition) is 3. The van der Waals surface area contributed by atoms with Gasteiger partial charge in [-0.05, 0) is 36.2 Å². The van der Waals surface area contributed by atoms with E-state index < -0.39 is 5.82 Å². The second kappa shape index (κ2) is 6.40. The van der Waals surface area contributed by atoms with Gasteiger partial charge in [0.15, 0.2) is 11.6 Å². The molecule has 3 rings (SSSR count). The Bertz CT molecular complexity index is 705. The first-order valence-corrected chi connectivity index (χ1v) is 8.03. The van der Waals surface area contributed by atoms with Crippen molar-refractivity contribution in [3.05, 3.63) is 59.4 Å². The Kier molecular flexibility index (Phi) is 4.34. The number of rotatable bonds is 3. The van der Waals surface area contributed by atoms with E-state index >= 15 is 0 Å². The van der Waals surface area contributed by atoms with Crippen LogP contribution in [0.2, 0.25) is 0 Å². The lowest BCUT2D eigenvalue weighted by atomic mass is 10.0. The standard InChI is InChI=1S/C17H16FNO2S/c1-21-15-7-6-11(10-13(15)18)17(20)19-14-8-9-22-16-5-3-2-4-12(14)16/h2-7,10,14H,8-9H2,1H3,(H,19,20)/t14-/m0/s1. The van der Waals surface area contributed by atoms with Crippen molar-refractivity contribution >= 4 is 17.7 Å². The number of nitrogens with one attached hydrogen (secondary N) is 1. The van der Waals surface area contributed by atoms with Gasteiger partial charge >= 0.3 is 0 Å². The van der Waals surface area contributed by atoms with Gasteiger partial charge in [0.2, 0.25) is 0 Å². The summed E-state index contributed by atoms with van der Waals surface area (Å²) in [5.74, 6) is 0.290. The minimum atomic E-state index is -0.533. The third-order valence-corrected chi connectivity index (χ3v) is 4.80. The van der Waals surface area contributed by atoms with E-state index in [2.05, 4.69) is 11.4 Å². The highest BCUT2D eigenvalue weighted by molar-refractivity contribution is 7.99. The Morgan fingerprint density at radius 1 is 1.32 bits per heavy atom. The normalized spacial score (nSPS) is 16.7. The molecular formula is C17H16FNO2S. The van der Waals surface area contributed by atoms with Crippen LogP contribution in [0.5, 0.6) is 5.75 Å². The first kappa shape index (κ1) is 14.9. The van der Waals surface area contributed by atoms with Crippen LogP contribution in [-0.4, -0.2) is 18.8 Å². The van der Waals surface area contributed by atoms with E-state index in [1.54, 1.807) is 17.8 Å². The van der Waals surface area contributed by atoms with Crippen molar-refractivity contribution in [3.63, 3.8) is 0 Å². The van der Waals surface area contributed by atoms with Crippen LogP contribution in [0.15, 0.2) is 47.4 Å². The molecule has 1 atom stereocenters. The van der Waals surface area contributed by atoms with Gasteiger partial charge in [-0.15, -0.1) is 11.8 Å². The molecule has 1 aliphatic rings. The third kappa shape index (κ3) is 2.95. The van der Waals surface area contributed by atoms with Crippen LogP contribution >= 0.6 is 11.8 Å². The lowest BCUT2D eigenvalue weighted by Crippen LogP contribution is -2.30. The van der Waals surface area contributed by atoms with Gasteiger partial charge in [0.05, 0.1) is 13.2 Å².